The van der Waals surface area contributed by atoms with Crippen LogP contribution in [0.3, 0.4) is 0 Å². The Balaban J connectivity index is 1.08. The van der Waals surface area contributed by atoms with Gasteiger partial charge in [-0.1, -0.05) is 176 Å². The van der Waals surface area contributed by atoms with Crippen molar-refractivity contribution in [2.75, 3.05) is 0 Å². The lowest BCUT2D eigenvalue weighted by Crippen LogP contribution is -2.44. The number of benzene rings is 8. The third-order valence-electron chi connectivity index (χ3n) is 11.8. The Morgan fingerprint density at radius 1 is 0.464 bits per heavy atom. The molecule has 0 spiro atoms. The number of aliphatic imine (C=N–C) groups is 1. The molecule has 0 saturated carbocycles. The summed E-state index contributed by atoms with van der Waals surface area (Å²) in [5, 5.41) is 9.97. The van der Waals surface area contributed by atoms with Gasteiger partial charge in [-0.15, -0.1) is 0 Å². The van der Waals surface area contributed by atoms with E-state index >= 15 is 0 Å². The normalized spacial score (nSPS) is 16.9. The molecule has 1 aromatic heterocycles. The summed E-state index contributed by atoms with van der Waals surface area (Å²) in [6.07, 6.45) is -0.324. The SMILES string of the molecule is c1ccc(C2=NC(c3ccccc3)NC(c3ccc(-n4c5ccccc5c5cc6c(cc54)C(c4ccccc4)(c4ccccc4)c4ccccc4-6)cc3)N2)cc1. The minimum absolute atomic E-state index is 0.140. The second kappa shape index (κ2) is 13.1. The molecule has 2 atom stereocenters. The minimum atomic E-state index is -0.473. The fraction of sp³-hybridized carbons (Fsp3) is 0.0577. The molecule has 9 aromatic rings. The third-order valence-corrected chi connectivity index (χ3v) is 11.8. The number of fused-ring (bicyclic) bond motifs is 6. The van der Waals surface area contributed by atoms with E-state index in [1.54, 1.807) is 0 Å². The Morgan fingerprint density at radius 3 is 1.79 bits per heavy atom. The quantitative estimate of drug-likeness (QED) is 0.180. The van der Waals surface area contributed by atoms with Crippen LogP contribution in [0.2, 0.25) is 0 Å². The number of aromatic nitrogens is 1. The van der Waals surface area contributed by atoms with Gasteiger partial charge in [0.05, 0.1) is 16.4 Å². The highest BCUT2D eigenvalue weighted by Crippen LogP contribution is 2.57. The summed E-state index contributed by atoms with van der Waals surface area (Å²) >= 11 is 0. The molecule has 4 nitrogen and oxygen atoms in total. The van der Waals surface area contributed by atoms with E-state index in [4.69, 9.17) is 4.99 Å². The van der Waals surface area contributed by atoms with Crippen molar-refractivity contribution in [2.45, 2.75) is 17.7 Å². The number of nitrogens with zero attached hydrogens (tertiary/aromatic N) is 2. The molecule has 56 heavy (non-hydrogen) atoms. The van der Waals surface area contributed by atoms with Crippen molar-refractivity contribution in [2.24, 2.45) is 4.99 Å². The monoisotopic (exact) mass is 718 g/mol. The number of rotatable bonds is 6. The van der Waals surface area contributed by atoms with Crippen molar-refractivity contribution in [3.05, 3.63) is 245 Å². The second-order valence-electron chi connectivity index (χ2n) is 14.8. The first kappa shape index (κ1) is 32.4. The topological polar surface area (TPSA) is 41.4 Å². The van der Waals surface area contributed by atoms with Crippen LogP contribution in [0.5, 0.6) is 0 Å². The van der Waals surface area contributed by atoms with Crippen LogP contribution < -0.4 is 10.6 Å². The fourth-order valence-electron chi connectivity index (χ4n) is 9.28. The Hall–Kier alpha value is -7.01. The van der Waals surface area contributed by atoms with Gasteiger partial charge in [-0.05, 0) is 74.8 Å². The summed E-state index contributed by atoms with van der Waals surface area (Å²) in [6.45, 7) is 0. The second-order valence-corrected chi connectivity index (χ2v) is 14.8. The van der Waals surface area contributed by atoms with E-state index < -0.39 is 5.41 Å². The molecule has 1 aliphatic carbocycles. The van der Waals surface area contributed by atoms with E-state index in [0.717, 1.165) is 28.2 Å². The highest BCUT2D eigenvalue weighted by atomic mass is 15.3. The molecule has 0 bridgehead atoms. The maximum absolute atomic E-state index is 5.11. The van der Waals surface area contributed by atoms with Gasteiger partial charge in [0.2, 0.25) is 0 Å². The van der Waals surface area contributed by atoms with Gasteiger partial charge in [0.1, 0.15) is 18.2 Å². The first-order valence-corrected chi connectivity index (χ1v) is 19.4. The summed E-state index contributed by atoms with van der Waals surface area (Å²) in [5.74, 6) is 0.879. The van der Waals surface area contributed by atoms with Crippen LogP contribution in [0.15, 0.2) is 211 Å². The summed E-state index contributed by atoms with van der Waals surface area (Å²) in [7, 11) is 0. The molecule has 4 heteroatoms. The number of amidine groups is 1. The summed E-state index contributed by atoms with van der Waals surface area (Å²) in [6, 6.07) is 74.7. The van der Waals surface area contributed by atoms with E-state index in [-0.39, 0.29) is 12.3 Å². The van der Waals surface area contributed by atoms with E-state index in [2.05, 4.69) is 209 Å². The Labute approximate surface area is 326 Å². The Morgan fingerprint density at radius 2 is 1.07 bits per heavy atom. The van der Waals surface area contributed by atoms with Gasteiger partial charge in [0.25, 0.3) is 0 Å². The highest BCUT2D eigenvalue weighted by Gasteiger charge is 2.46. The molecule has 0 fully saturated rings. The van der Waals surface area contributed by atoms with E-state index in [1.807, 2.05) is 12.1 Å². The Bertz CT molecular complexity index is 2860. The summed E-state index contributed by atoms with van der Waals surface area (Å²) in [5.41, 5.74) is 14.1. The van der Waals surface area contributed by atoms with Crippen LogP contribution in [0, 0.1) is 0 Å². The fourth-order valence-corrected chi connectivity index (χ4v) is 9.28. The predicted molar refractivity (Wildman–Crippen MR) is 229 cm³/mol. The minimum Gasteiger partial charge on any atom is -0.350 e. The molecule has 0 radical (unpaired) electrons. The Kier molecular flexibility index (Phi) is 7.58. The number of nitrogens with one attached hydrogen (secondary N) is 2. The van der Waals surface area contributed by atoms with Gasteiger partial charge in [0.15, 0.2) is 0 Å². The molecule has 2 aliphatic rings. The van der Waals surface area contributed by atoms with Crippen molar-refractivity contribution >= 4 is 27.6 Å². The third kappa shape index (κ3) is 5.00. The highest BCUT2D eigenvalue weighted by molar-refractivity contribution is 6.12. The van der Waals surface area contributed by atoms with E-state index in [9.17, 15) is 0 Å². The van der Waals surface area contributed by atoms with Crippen molar-refractivity contribution in [1.82, 2.24) is 15.2 Å². The van der Waals surface area contributed by atoms with Crippen molar-refractivity contribution in [3.63, 3.8) is 0 Å². The van der Waals surface area contributed by atoms with Crippen molar-refractivity contribution < 1.29 is 0 Å². The molecule has 11 rings (SSSR count). The van der Waals surface area contributed by atoms with Crippen molar-refractivity contribution in [3.8, 4) is 16.8 Å². The summed E-state index contributed by atoms with van der Waals surface area (Å²) in [4.78, 5) is 5.11. The smallest absolute Gasteiger partial charge is 0.131 e. The lowest BCUT2D eigenvalue weighted by molar-refractivity contribution is 0.409. The molecular formula is C52H38N4. The maximum atomic E-state index is 5.11. The molecule has 266 valence electrons. The number of para-hydroxylation sites is 1. The predicted octanol–water partition coefficient (Wildman–Crippen LogP) is 11.5. The average molecular weight is 719 g/mol. The largest absolute Gasteiger partial charge is 0.350 e. The first-order chi connectivity index (χ1) is 27.8. The van der Waals surface area contributed by atoms with Crippen LogP contribution in [0.4, 0.5) is 0 Å². The molecule has 2 N–H and O–H groups in total. The number of hydrogen-bond donors (Lipinski definition) is 2. The molecule has 0 amide bonds. The molecule has 0 saturated heterocycles. The molecular weight excluding hydrogens is 681 g/mol. The van der Waals surface area contributed by atoms with Gasteiger partial charge in [0, 0.05) is 22.0 Å². The lowest BCUT2D eigenvalue weighted by atomic mass is 9.67. The van der Waals surface area contributed by atoms with Gasteiger partial charge in [-0.2, -0.15) is 0 Å². The molecule has 1 aliphatic heterocycles. The number of hydrogen-bond acceptors (Lipinski definition) is 3. The van der Waals surface area contributed by atoms with E-state index in [0.29, 0.717) is 0 Å². The summed E-state index contributed by atoms with van der Waals surface area (Å²) < 4.78 is 2.45. The van der Waals surface area contributed by atoms with Gasteiger partial charge < -0.3 is 9.88 Å². The maximum Gasteiger partial charge on any atom is 0.131 e. The van der Waals surface area contributed by atoms with Crippen LogP contribution in [0.1, 0.15) is 51.3 Å². The zero-order valence-electron chi connectivity index (χ0n) is 30.7. The van der Waals surface area contributed by atoms with Crippen LogP contribution in [0.25, 0.3) is 38.6 Å². The average Bonchev–Trinajstić information content (AvgIpc) is 3.76. The van der Waals surface area contributed by atoms with Crippen LogP contribution in [-0.2, 0) is 5.41 Å². The lowest BCUT2D eigenvalue weighted by Gasteiger charge is -2.34. The molecule has 2 unspecified atom stereocenters. The van der Waals surface area contributed by atoms with Gasteiger partial charge in [-0.3, -0.25) is 5.32 Å². The van der Waals surface area contributed by atoms with E-state index in [1.165, 1.54) is 55.2 Å². The zero-order chi connectivity index (χ0) is 37.1. The van der Waals surface area contributed by atoms with Crippen LogP contribution >= 0.6 is 0 Å². The molecule has 8 aromatic carbocycles. The zero-order valence-corrected chi connectivity index (χ0v) is 30.7. The van der Waals surface area contributed by atoms with Crippen molar-refractivity contribution in [1.29, 1.82) is 0 Å². The van der Waals surface area contributed by atoms with Crippen LogP contribution in [-0.4, -0.2) is 10.4 Å². The van der Waals surface area contributed by atoms with Gasteiger partial charge >= 0.3 is 0 Å². The first-order valence-electron chi connectivity index (χ1n) is 19.4. The standard InChI is InChI=1S/C52H38N4/c1-5-17-35(18-6-1)49-53-50(36-19-7-2-8-20-36)55-51(54-49)37-29-31-40(32-30-37)56-47-28-16-14-26-42(47)44-33-43-41-25-13-15-27-45(41)52(46(43)34-48(44)56,38-21-9-3-10-22-38)39-23-11-4-12-24-39/h1-34,49,51,54H,(H,53,55). The van der Waals surface area contributed by atoms with Gasteiger partial charge in [-0.25, -0.2) is 4.99 Å². The molecule has 2 heterocycles.